The van der Waals surface area contributed by atoms with E-state index in [1.807, 2.05) is 0 Å². The summed E-state index contributed by atoms with van der Waals surface area (Å²) in [5.74, 6) is 1.51. The van der Waals surface area contributed by atoms with Crippen LogP contribution >= 0.6 is 0 Å². The average molecular weight is 295 g/mol. The Labute approximate surface area is 130 Å². The zero-order valence-electron chi connectivity index (χ0n) is 13.9. The summed E-state index contributed by atoms with van der Waals surface area (Å²) in [5.41, 5.74) is 5.88. The van der Waals surface area contributed by atoms with Crippen molar-refractivity contribution < 1.29 is 4.79 Å². The van der Waals surface area contributed by atoms with E-state index in [2.05, 4.69) is 23.8 Å². The lowest BCUT2D eigenvalue weighted by Gasteiger charge is -2.42. The number of rotatable bonds is 5. The van der Waals surface area contributed by atoms with Gasteiger partial charge in [0.25, 0.3) is 0 Å². The fourth-order valence-corrected chi connectivity index (χ4v) is 3.93. The fourth-order valence-electron chi connectivity index (χ4n) is 3.93. The topological polar surface area (TPSA) is 49.6 Å². The van der Waals surface area contributed by atoms with Crippen molar-refractivity contribution in [1.82, 2.24) is 9.80 Å². The Morgan fingerprint density at radius 1 is 1.19 bits per heavy atom. The molecule has 1 aliphatic heterocycles. The number of nitrogens with two attached hydrogens (primary N) is 1. The Hall–Kier alpha value is -0.610. The Morgan fingerprint density at radius 2 is 1.90 bits per heavy atom. The number of likely N-dealkylation sites (N-methyl/N-ethyl adjacent to an activating group) is 1. The van der Waals surface area contributed by atoms with Gasteiger partial charge in [-0.1, -0.05) is 26.2 Å². The molecule has 2 rings (SSSR count). The number of carbonyl (C=O) groups is 1. The van der Waals surface area contributed by atoms with Crippen molar-refractivity contribution in [2.75, 3.05) is 33.2 Å². The van der Waals surface area contributed by atoms with Crippen LogP contribution in [0.4, 0.5) is 0 Å². The van der Waals surface area contributed by atoms with E-state index >= 15 is 0 Å². The summed E-state index contributed by atoms with van der Waals surface area (Å²) in [6, 6.07) is 0.217. The maximum Gasteiger partial charge on any atom is 0.226 e. The van der Waals surface area contributed by atoms with Crippen LogP contribution < -0.4 is 5.73 Å². The molecule has 0 radical (unpaired) electrons. The molecule has 2 aliphatic rings. The number of hydrogen-bond acceptors (Lipinski definition) is 3. The van der Waals surface area contributed by atoms with Crippen LogP contribution in [0.1, 0.15) is 51.9 Å². The summed E-state index contributed by atoms with van der Waals surface area (Å²) in [4.78, 5) is 17.2. The first kappa shape index (κ1) is 16.8. The number of piperazine rings is 1. The number of amides is 1. The highest BCUT2D eigenvalue weighted by atomic mass is 16.2. The molecule has 1 heterocycles. The van der Waals surface area contributed by atoms with Crippen LogP contribution in [0.15, 0.2) is 0 Å². The molecule has 122 valence electrons. The van der Waals surface area contributed by atoms with Gasteiger partial charge in [0.1, 0.15) is 0 Å². The molecule has 21 heavy (non-hydrogen) atoms. The second kappa shape index (κ2) is 8.14. The minimum Gasteiger partial charge on any atom is -0.336 e. The van der Waals surface area contributed by atoms with Crippen molar-refractivity contribution in [2.24, 2.45) is 17.6 Å². The minimum atomic E-state index is 0.217. The minimum absolute atomic E-state index is 0.217. The van der Waals surface area contributed by atoms with Crippen LogP contribution in [0.5, 0.6) is 0 Å². The largest absolute Gasteiger partial charge is 0.336 e. The van der Waals surface area contributed by atoms with E-state index in [0.29, 0.717) is 12.5 Å². The van der Waals surface area contributed by atoms with Crippen LogP contribution in [-0.4, -0.2) is 55.0 Å². The highest BCUT2D eigenvalue weighted by Gasteiger charge is 2.34. The number of carbonyl (C=O) groups excluding carboxylic acids is 1. The Bertz CT molecular complexity index is 326. The molecule has 0 aromatic carbocycles. The molecule has 0 aromatic heterocycles. The molecular weight excluding hydrogens is 262 g/mol. The molecule has 1 saturated carbocycles. The summed E-state index contributed by atoms with van der Waals surface area (Å²) in [5, 5.41) is 0. The van der Waals surface area contributed by atoms with Crippen molar-refractivity contribution in [2.45, 2.75) is 57.9 Å². The van der Waals surface area contributed by atoms with Gasteiger partial charge in [-0.15, -0.1) is 0 Å². The van der Waals surface area contributed by atoms with Crippen LogP contribution in [-0.2, 0) is 4.79 Å². The van der Waals surface area contributed by atoms with Crippen molar-refractivity contribution in [1.29, 1.82) is 0 Å². The van der Waals surface area contributed by atoms with Gasteiger partial charge in [0.2, 0.25) is 5.91 Å². The van der Waals surface area contributed by atoms with E-state index in [4.69, 9.17) is 5.73 Å². The Balaban J connectivity index is 1.83. The molecule has 4 heteroatoms. The van der Waals surface area contributed by atoms with Crippen molar-refractivity contribution in [3.63, 3.8) is 0 Å². The molecule has 1 atom stereocenters. The van der Waals surface area contributed by atoms with E-state index in [9.17, 15) is 4.79 Å². The third-order valence-electron chi connectivity index (χ3n) is 5.40. The van der Waals surface area contributed by atoms with Crippen LogP contribution in [0.25, 0.3) is 0 Å². The summed E-state index contributed by atoms with van der Waals surface area (Å²) >= 11 is 0. The average Bonchev–Trinajstić information content (AvgIpc) is 2.52. The highest BCUT2D eigenvalue weighted by molar-refractivity contribution is 5.79. The van der Waals surface area contributed by atoms with Gasteiger partial charge in [-0.2, -0.15) is 0 Å². The predicted octanol–water partition coefficient (Wildman–Crippen LogP) is 2.08. The molecule has 1 aliphatic carbocycles. The molecule has 0 aromatic rings. The SMILES string of the molecule is CCCCC1CCC(C(=O)N2CCN(C)CC2CN)CC1. The Kier molecular flexibility index (Phi) is 6.49. The van der Waals surface area contributed by atoms with Crippen molar-refractivity contribution >= 4 is 5.91 Å². The molecule has 1 unspecified atom stereocenters. The van der Waals surface area contributed by atoms with E-state index in [1.54, 1.807) is 0 Å². The van der Waals surface area contributed by atoms with Gasteiger partial charge in [-0.3, -0.25) is 4.79 Å². The van der Waals surface area contributed by atoms with Gasteiger partial charge in [0.05, 0.1) is 6.04 Å². The van der Waals surface area contributed by atoms with Crippen LogP contribution in [0.2, 0.25) is 0 Å². The van der Waals surface area contributed by atoms with E-state index in [-0.39, 0.29) is 12.0 Å². The molecule has 2 N–H and O–H groups in total. The van der Waals surface area contributed by atoms with E-state index < -0.39 is 0 Å². The van der Waals surface area contributed by atoms with E-state index in [1.165, 1.54) is 32.1 Å². The molecule has 1 saturated heterocycles. The molecular formula is C17H33N3O. The first-order valence-electron chi connectivity index (χ1n) is 8.84. The van der Waals surface area contributed by atoms with Crippen molar-refractivity contribution in [3.05, 3.63) is 0 Å². The summed E-state index contributed by atoms with van der Waals surface area (Å²) < 4.78 is 0. The second-order valence-electron chi connectivity index (χ2n) is 7.04. The molecule has 0 bridgehead atoms. The quantitative estimate of drug-likeness (QED) is 0.845. The molecule has 2 fully saturated rings. The maximum atomic E-state index is 12.8. The van der Waals surface area contributed by atoms with Crippen LogP contribution in [0.3, 0.4) is 0 Å². The monoisotopic (exact) mass is 295 g/mol. The lowest BCUT2D eigenvalue weighted by atomic mass is 9.79. The summed E-state index contributed by atoms with van der Waals surface area (Å²) in [6.45, 7) is 5.60. The van der Waals surface area contributed by atoms with Gasteiger partial charge in [0.15, 0.2) is 0 Å². The number of hydrogen-bond donors (Lipinski definition) is 1. The maximum absolute atomic E-state index is 12.8. The fraction of sp³-hybridized carbons (Fsp3) is 0.941. The molecule has 1 amide bonds. The molecule has 4 nitrogen and oxygen atoms in total. The standard InChI is InChI=1S/C17H33N3O/c1-3-4-5-14-6-8-15(9-7-14)17(21)20-11-10-19(2)13-16(20)12-18/h14-16H,3-13,18H2,1-2H3. The lowest BCUT2D eigenvalue weighted by Crippen LogP contribution is -2.58. The summed E-state index contributed by atoms with van der Waals surface area (Å²) in [7, 11) is 2.11. The van der Waals surface area contributed by atoms with Gasteiger partial charge >= 0.3 is 0 Å². The zero-order chi connectivity index (χ0) is 15.2. The van der Waals surface area contributed by atoms with Crippen molar-refractivity contribution in [3.8, 4) is 0 Å². The van der Waals surface area contributed by atoms with Crippen LogP contribution in [0, 0.1) is 11.8 Å². The van der Waals surface area contributed by atoms with Gasteiger partial charge in [0, 0.05) is 32.1 Å². The zero-order valence-corrected chi connectivity index (χ0v) is 13.9. The van der Waals surface area contributed by atoms with Gasteiger partial charge < -0.3 is 15.5 Å². The number of nitrogens with zero attached hydrogens (tertiary/aromatic N) is 2. The summed E-state index contributed by atoms with van der Waals surface area (Å²) in [6.07, 6.45) is 8.68. The first-order valence-corrected chi connectivity index (χ1v) is 8.84. The predicted molar refractivity (Wildman–Crippen MR) is 87.0 cm³/mol. The lowest BCUT2D eigenvalue weighted by molar-refractivity contribution is -0.141. The second-order valence-corrected chi connectivity index (χ2v) is 7.04. The van der Waals surface area contributed by atoms with E-state index in [0.717, 1.165) is 38.4 Å². The first-order chi connectivity index (χ1) is 10.2. The highest BCUT2D eigenvalue weighted by Crippen LogP contribution is 2.33. The Morgan fingerprint density at radius 3 is 2.52 bits per heavy atom. The third-order valence-corrected chi connectivity index (χ3v) is 5.40. The van der Waals surface area contributed by atoms with Gasteiger partial charge in [-0.05, 0) is 38.6 Å². The number of unbranched alkanes of at least 4 members (excludes halogenated alkanes) is 1. The molecule has 0 spiro atoms. The third kappa shape index (κ3) is 4.43. The smallest absolute Gasteiger partial charge is 0.226 e. The normalized spacial score (nSPS) is 31.4. The van der Waals surface area contributed by atoms with Gasteiger partial charge in [-0.25, -0.2) is 0 Å².